The Morgan fingerprint density at radius 3 is 2.43 bits per heavy atom. The fraction of sp³-hybridized carbons (Fsp3) is 0.395. The number of anilines is 2. The molecule has 6 atom stereocenters. The third-order valence-electron chi connectivity index (χ3n) is 10.6. The molecule has 12 nitrogen and oxygen atoms in total. The summed E-state index contributed by atoms with van der Waals surface area (Å²) in [6.07, 6.45) is 1.46. The van der Waals surface area contributed by atoms with Gasteiger partial charge in [-0.3, -0.25) is 24.0 Å². The van der Waals surface area contributed by atoms with Crippen molar-refractivity contribution >= 4 is 37.5 Å². The quantitative estimate of drug-likeness (QED) is 0.131. The third kappa shape index (κ3) is 6.17. The van der Waals surface area contributed by atoms with E-state index >= 15 is 0 Å². The molecule has 1 spiro atoms. The Morgan fingerprint density at radius 1 is 1.06 bits per heavy atom. The zero-order valence-electron chi connectivity index (χ0n) is 29.2. The Bertz CT molecular complexity index is 1930. The molecule has 13 heteroatoms. The first-order chi connectivity index (χ1) is 24.4. The van der Waals surface area contributed by atoms with E-state index in [-0.39, 0.29) is 48.8 Å². The highest BCUT2D eigenvalue weighted by molar-refractivity contribution is 6.71. The van der Waals surface area contributed by atoms with Crippen LogP contribution in [-0.4, -0.2) is 69.9 Å². The number of benzene rings is 3. The van der Waals surface area contributed by atoms with E-state index in [9.17, 15) is 24.3 Å². The van der Waals surface area contributed by atoms with Crippen molar-refractivity contribution in [2.45, 2.75) is 82.3 Å². The molecule has 0 aliphatic carbocycles. The number of fused-ring (bicyclic) bond motifs is 2. The van der Waals surface area contributed by atoms with Crippen molar-refractivity contribution in [1.29, 1.82) is 0 Å². The Hall–Kier alpha value is -4.69. The lowest BCUT2D eigenvalue weighted by Gasteiger charge is -2.39. The van der Waals surface area contributed by atoms with Crippen molar-refractivity contribution in [2.75, 3.05) is 16.4 Å². The molecule has 4 aromatic rings. The highest BCUT2D eigenvalue weighted by atomic mass is 28.4. The number of hydrogen-bond acceptors (Lipinski definition) is 9. The molecule has 7 rings (SSSR count). The predicted octanol–water partition coefficient (Wildman–Crippen LogP) is 4.46. The number of aryl methyl sites for hydroxylation is 1. The maximum Gasteiger partial charge on any atom is 0.304 e. The highest BCUT2D eigenvalue weighted by Crippen LogP contribution is 2.59. The van der Waals surface area contributed by atoms with E-state index in [1.54, 1.807) is 21.7 Å². The van der Waals surface area contributed by atoms with Crippen molar-refractivity contribution in [3.63, 3.8) is 0 Å². The Kier molecular flexibility index (Phi) is 9.17. The van der Waals surface area contributed by atoms with Gasteiger partial charge in [-0.1, -0.05) is 72.8 Å². The van der Waals surface area contributed by atoms with Gasteiger partial charge in [0.05, 0.1) is 43.0 Å². The SMILES string of the molecule is CC(=O)OC1CC(=O)N1c1ccc(CN2C(=O)[C@]3(O[C@H](CCn4cc(C(CO)c5ccccc5)nn4)[C@@H]([Si](C)(C)O)[C@@H]3C)c3ccccc32)cc1. The molecule has 2 fully saturated rings. The van der Waals surface area contributed by atoms with Crippen LogP contribution in [0.3, 0.4) is 0 Å². The van der Waals surface area contributed by atoms with Gasteiger partial charge in [-0.15, -0.1) is 5.10 Å². The zero-order chi connectivity index (χ0) is 36.1. The number of hydrogen-bond donors (Lipinski definition) is 2. The normalized spacial score (nSPS) is 24.9. The minimum absolute atomic E-state index is 0.0995. The number of carbonyl (C=O) groups excluding carboxylic acids is 3. The first-order valence-electron chi connectivity index (χ1n) is 17.4. The van der Waals surface area contributed by atoms with E-state index in [2.05, 4.69) is 10.3 Å². The predicted molar refractivity (Wildman–Crippen MR) is 191 cm³/mol. The van der Waals surface area contributed by atoms with E-state index in [0.717, 1.165) is 22.4 Å². The molecule has 1 aromatic heterocycles. The van der Waals surface area contributed by atoms with Crippen molar-refractivity contribution in [1.82, 2.24) is 15.0 Å². The summed E-state index contributed by atoms with van der Waals surface area (Å²) in [5, 5.41) is 18.9. The number of aromatic nitrogens is 3. The van der Waals surface area contributed by atoms with E-state index in [1.165, 1.54) is 11.8 Å². The van der Waals surface area contributed by atoms with Crippen molar-refractivity contribution in [2.24, 2.45) is 5.92 Å². The largest absolute Gasteiger partial charge is 0.441 e. The van der Waals surface area contributed by atoms with Crippen molar-refractivity contribution < 1.29 is 33.8 Å². The van der Waals surface area contributed by atoms with Gasteiger partial charge in [0.2, 0.25) is 5.91 Å². The van der Waals surface area contributed by atoms with Crippen molar-refractivity contribution in [3.05, 3.63) is 107 Å². The summed E-state index contributed by atoms with van der Waals surface area (Å²) in [4.78, 5) is 53.4. The van der Waals surface area contributed by atoms with Crippen LogP contribution in [0.4, 0.5) is 11.4 Å². The molecule has 3 aliphatic rings. The summed E-state index contributed by atoms with van der Waals surface area (Å²) in [5.41, 5.74) is 3.12. The molecule has 51 heavy (non-hydrogen) atoms. The molecule has 2 N–H and O–H groups in total. The smallest absolute Gasteiger partial charge is 0.304 e. The van der Waals surface area contributed by atoms with E-state index in [4.69, 9.17) is 9.47 Å². The fourth-order valence-corrected chi connectivity index (χ4v) is 10.9. The minimum Gasteiger partial charge on any atom is -0.441 e. The maximum atomic E-state index is 14.7. The van der Waals surface area contributed by atoms with Crippen LogP contribution in [0.2, 0.25) is 18.6 Å². The van der Waals surface area contributed by atoms with E-state index in [1.807, 2.05) is 92.9 Å². The topological polar surface area (TPSA) is 147 Å². The molecular formula is C38H43N5O7Si. The van der Waals surface area contributed by atoms with Gasteiger partial charge >= 0.3 is 5.97 Å². The number of aliphatic hydroxyl groups is 1. The summed E-state index contributed by atoms with van der Waals surface area (Å²) in [5.74, 6) is -1.35. The summed E-state index contributed by atoms with van der Waals surface area (Å²) in [6, 6.07) is 24.7. The van der Waals surface area contributed by atoms with Crippen LogP contribution in [0.5, 0.6) is 0 Å². The number of esters is 1. The molecule has 0 saturated carbocycles. The molecule has 2 unspecified atom stereocenters. The van der Waals surface area contributed by atoms with Crippen molar-refractivity contribution in [3.8, 4) is 0 Å². The van der Waals surface area contributed by atoms with Crippen LogP contribution in [0.15, 0.2) is 85.1 Å². The van der Waals surface area contributed by atoms with Crippen LogP contribution in [-0.2, 0) is 42.5 Å². The first-order valence-corrected chi connectivity index (χ1v) is 20.4. The average molecular weight is 710 g/mol. The lowest BCUT2D eigenvalue weighted by Crippen LogP contribution is -2.54. The molecular weight excluding hydrogens is 667 g/mol. The van der Waals surface area contributed by atoms with Gasteiger partial charge in [-0.05, 0) is 48.8 Å². The highest BCUT2D eigenvalue weighted by Gasteiger charge is 2.66. The number of ether oxygens (including phenoxy) is 2. The lowest BCUT2D eigenvalue weighted by molar-refractivity contribution is -0.154. The monoisotopic (exact) mass is 709 g/mol. The second kappa shape index (κ2) is 13.5. The second-order valence-corrected chi connectivity index (χ2v) is 18.3. The van der Waals surface area contributed by atoms with E-state index < -0.39 is 32.2 Å². The van der Waals surface area contributed by atoms with Gasteiger partial charge in [-0.2, -0.15) is 0 Å². The van der Waals surface area contributed by atoms with Gasteiger partial charge in [0.15, 0.2) is 20.1 Å². The van der Waals surface area contributed by atoms with Crippen LogP contribution in [0.25, 0.3) is 0 Å². The number of aliphatic hydroxyl groups excluding tert-OH is 1. The standard InChI is InChI=1S/C38H43N5O7Si/c1-24-36(51(3,4)48)33(18-19-41-22-31(39-40-41)29(23-44)27-10-6-5-7-11-27)50-38(24)30-12-8-9-13-32(30)42(37(38)47)21-26-14-16-28(17-15-26)43-34(46)20-35(43)49-25(2)45/h5-17,22,24,29,33,35-36,44,48H,18-21,23H2,1-4H3/t24-,29?,33+,35?,36-,38+/m0/s1. The van der Waals surface area contributed by atoms with Gasteiger partial charge in [-0.25, -0.2) is 0 Å². The summed E-state index contributed by atoms with van der Waals surface area (Å²) in [6.45, 7) is 7.78. The summed E-state index contributed by atoms with van der Waals surface area (Å²) >= 11 is 0. The average Bonchev–Trinajstić information content (AvgIpc) is 3.75. The Balaban J connectivity index is 1.12. The van der Waals surface area contributed by atoms with Gasteiger partial charge in [0, 0.05) is 42.4 Å². The van der Waals surface area contributed by atoms with Gasteiger partial charge < -0.3 is 24.3 Å². The van der Waals surface area contributed by atoms with Gasteiger partial charge in [0.1, 0.15) is 0 Å². The minimum atomic E-state index is -2.87. The zero-order valence-corrected chi connectivity index (χ0v) is 30.2. The second-order valence-electron chi connectivity index (χ2n) is 14.3. The van der Waals surface area contributed by atoms with Crippen LogP contribution in [0.1, 0.15) is 55.0 Å². The molecule has 0 radical (unpaired) electrons. The number of rotatable bonds is 11. The molecule has 4 heterocycles. The first kappa shape index (κ1) is 34.7. The lowest BCUT2D eigenvalue weighted by atomic mass is 9.82. The molecule has 266 valence electrons. The van der Waals surface area contributed by atoms with Crippen LogP contribution < -0.4 is 9.80 Å². The summed E-state index contributed by atoms with van der Waals surface area (Å²) in [7, 11) is -2.87. The van der Waals surface area contributed by atoms with Crippen LogP contribution in [0, 0.1) is 5.92 Å². The van der Waals surface area contributed by atoms with E-state index in [0.29, 0.717) is 24.3 Å². The number of carbonyl (C=O) groups is 3. The Morgan fingerprint density at radius 2 is 1.76 bits per heavy atom. The Labute approximate surface area is 297 Å². The maximum absolute atomic E-state index is 14.7. The van der Waals surface area contributed by atoms with Crippen LogP contribution >= 0.6 is 0 Å². The molecule has 3 aromatic carbocycles. The molecule has 2 amide bonds. The van der Waals surface area contributed by atoms with Gasteiger partial charge in [0.25, 0.3) is 5.91 Å². The molecule has 0 bridgehead atoms. The third-order valence-corrected chi connectivity index (χ3v) is 13.1. The molecule has 2 saturated heterocycles. The summed E-state index contributed by atoms with van der Waals surface area (Å²) < 4.78 is 14.0. The number of para-hydroxylation sites is 1. The number of amides is 2. The number of nitrogens with zero attached hydrogens (tertiary/aromatic N) is 5. The molecule has 3 aliphatic heterocycles. The fourth-order valence-electron chi connectivity index (χ4n) is 8.28. The number of β-lactam (4-membered cyclic amide) rings is 1.